The summed E-state index contributed by atoms with van der Waals surface area (Å²) in [4.78, 5) is 36.5. The third-order valence-corrected chi connectivity index (χ3v) is 4.28. The first-order valence-corrected chi connectivity index (χ1v) is 7.62. The van der Waals surface area contributed by atoms with Gasteiger partial charge in [0.1, 0.15) is 12.2 Å². The molecule has 1 aliphatic heterocycles. The summed E-state index contributed by atoms with van der Waals surface area (Å²) in [5, 5.41) is 10.2. The van der Waals surface area contributed by atoms with Gasteiger partial charge in [-0.1, -0.05) is 12.1 Å². The molecule has 1 aliphatic rings. The van der Waals surface area contributed by atoms with Gasteiger partial charge in [0.05, 0.1) is 17.1 Å². The molecular formula is C16H16N4O5. The molecule has 0 aliphatic carbocycles. The van der Waals surface area contributed by atoms with Gasteiger partial charge in [-0.3, -0.25) is 9.78 Å². The molecule has 4 atom stereocenters. The second-order valence-corrected chi connectivity index (χ2v) is 5.77. The highest BCUT2D eigenvalue weighted by molar-refractivity contribution is 5.83. The lowest BCUT2D eigenvalue weighted by atomic mass is 10.1. The summed E-state index contributed by atoms with van der Waals surface area (Å²) in [5.74, 6) is 0. The summed E-state index contributed by atoms with van der Waals surface area (Å²) < 4.78 is 19.0. The Morgan fingerprint density at radius 2 is 2.04 bits per heavy atom. The molecule has 1 aromatic carbocycles. The molecule has 9 heteroatoms. The zero-order valence-electron chi connectivity index (χ0n) is 14.2. The van der Waals surface area contributed by atoms with E-state index >= 15 is 0 Å². The molecule has 25 heavy (non-hydrogen) atoms. The molecule has 1 unspecified atom stereocenters. The molecule has 0 bridgehead atoms. The van der Waals surface area contributed by atoms with Crippen molar-refractivity contribution in [1.82, 2.24) is 19.5 Å². The predicted octanol–water partition coefficient (Wildman–Crippen LogP) is -0.0738. The van der Waals surface area contributed by atoms with Crippen LogP contribution in [0.5, 0.6) is 0 Å². The number of H-pyrrole nitrogens is 1. The Morgan fingerprint density at radius 3 is 2.72 bits per heavy atom. The van der Waals surface area contributed by atoms with Crippen LogP contribution >= 0.6 is 0 Å². The topological polar surface area (TPSA) is 119 Å². The maximum absolute atomic E-state index is 12.9. The van der Waals surface area contributed by atoms with Crippen LogP contribution in [0.1, 0.15) is 14.5 Å². The molecule has 3 aromatic rings. The first-order valence-electron chi connectivity index (χ1n) is 8.32. The monoisotopic (exact) mass is 345 g/mol. The van der Waals surface area contributed by atoms with E-state index in [9.17, 15) is 14.7 Å². The van der Waals surface area contributed by atoms with Gasteiger partial charge in [0.25, 0.3) is 5.56 Å². The third-order valence-electron chi connectivity index (χ3n) is 4.28. The number of aliphatic hydroxyl groups is 1. The van der Waals surface area contributed by atoms with E-state index < -0.39 is 35.8 Å². The Balaban J connectivity index is 1.94. The van der Waals surface area contributed by atoms with E-state index in [4.69, 9.17) is 10.8 Å². The fourth-order valence-corrected chi connectivity index (χ4v) is 3.02. The normalized spacial score (nSPS) is 27.0. The highest BCUT2D eigenvalue weighted by atomic mass is 16.6. The number of aromatic nitrogens is 4. The van der Waals surface area contributed by atoms with Crippen molar-refractivity contribution in [2.24, 2.45) is 0 Å². The first-order chi connectivity index (χ1) is 12.5. The molecule has 0 spiro atoms. The second kappa shape index (κ2) is 5.73. The van der Waals surface area contributed by atoms with E-state index in [0.29, 0.717) is 11.0 Å². The smallest absolute Gasteiger partial charge is 0.332 e. The number of benzene rings is 1. The predicted molar refractivity (Wildman–Crippen MR) is 88.3 cm³/mol. The van der Waals surface area contributed by atoms with Gasteiger partial charge in [-0.15, -0.1) is 0 Å². The molecule has 4 rings (SSSR count). The summed E-state index contributed by atoms with van der Waals surface area (Å²) >= 11 is 0. The van der Waals surface area contributed by atoms with Gasteiger partial charge < -0.3 is 14.6 Å². The molecule has 0 radical (unpaired) electrons. The average Bonchev–Trinajstić information content (AvgIpc) is 2.95. The molecule has 1 fully saturated rings. The molecule has 9 nitrogen and oxygen atoms in total. The number of hydrogen-bond donors (Lipinski definition) is 2. The van der Waals surface area contributed by atoms with Crippen LogP contribution in [0, 0.1) is 0 Å². The van der Waals surface area contributed by atoms with Crippen molar-refractivity contribution in [3.05, 3.63) is 45.1 Å². The molecule has 2 N–H and O–H groups in total. The van der Waals surface area contributed by atoms with Crippen molar-refractivity contribution in [2.75, 3.05) is 7.11 Å². The Morgan fingerprint density at radius 1 is 1.32 bits per heavy atom. The molecule has 130 valence electrons. The van der Waals surface area contributed by atoms with Crippen molar-refractivity contribution < 1.29 is 16.0 Å². The summed E-state index contributed by atoms with van der Waals surface area (Å²) in [7, 11) is 1.34. The zero-order valence-corrected chi connectivity index (χ0v) is 13.2. The number of aliphatic hydroxyl groups excluding tert-OH is 1. The van der Waals surface area contributed by atoms with Gasteiger partial charge >= 0.3 is 5.69 Å². The number of hydrogen-bond acceptors (Lipinski definition) is 7. The number of nitrogens with one attached hydrogen (secondary N) is 1. The molecular weight excluding hydrogens is 328 g/mol. The van der Waals surface area contributed by atoms with Gasteiger partial charge in [-0.25, -0.2) is 19.3 Å². The fourth-order valence-electron chi connectivity index (χ4n) is 3.02. The van der Waals surface area contributed by atoms with Crippen molar-refractivity contribution in [1.29, 1.82) is 0 Å². The second-order valence-electron chi connectivity index (χ2n) is 5.77. The Kier molecular flexibility index (Phi) is 3.37. The van der Waals surface area contributed by atoms with E-state index in [2.05, 4.69) is 15.0 Å². The Hall–Kier alpha value is -2.62. The summed E-state index contributed by atoms with van der Waals surface area (Å²) in [6, 6.07) is 6.98. The highest BCUT2D eigenvalue weighted by Crippen LogP contribution is 2.29. The van der Waals surface area contributed by atoms with Crippen molar-refractivity contribution >= 4 is 22.2 Å². The number of nitrogens with zero attached hydrogens (tertiary/aromatic N) is 3. The quantitative estimate of drug-likeness (QED) is 0.624. The van der Waals surface area contributed by atoms with Crippen molar-refractivity contribution in [2.45, 2.75) is 31.4 Å². The van der Waals surface area contributed by atoms with Gasteiger partial charge in [0.15, 0.2) is 17.4 Å². The van der Waals surface area contributed by atoms with Crippen molar-refractivity contribution in [3.8, 4) is 0 Å². The minimum absolute atomic E-state index is 0.0226. The number of para-hydroxylation sites is 2. The van der Waals surface area contributed by atoms with Gasteiger partial charge in [0, 0.05) is 8.48 Å². The molecule has 0 saturated carbocycles. The van der Waals surface area contributed by atoms with Gasteiger partial charge in [0.2, 0.25) is 0 Å². The van der Waals surface area contributed by atoms with E-state index in [1.807, 2.05) is 0 Å². The van der Waals surface area contributed by atoms with Gasteiger partial charge in [-0.2, -0.15) is 0 Å². The van der Waals surface area contributed by atoms with E-state index in [1.165, 1.54) is 7.11 Å². The lowest BCUT2D eigenvalue weighted by Gasteiger charge is -2.19. The van der Waals surface area contributed by atoms with Crippen LogP contribution in [-0.4, -0.2) is 50.0 Å². The summed E-state index contributed by atoms with van der Waals surface area (Å²) in [5.41, 5.74) is -0.353. The van der Waals surface area contributed by atoms with Crippen molar-refractivity contribution in [3.63, 3.8) is 0 Å². The largest absolute Gasteiger partial charge is 0.388 e. The van der Waals surface area contributed by atoms with Crippen LogP contribution in [0.2, 0.25) is 0 Å². The van der Waals surface area contributed by atoms with Crippen LogP contribution < -0.4 is 11.2 Å². The molecule has 0 amide bonds. The highest BCUT2D eigenvalue weighted by Gasteiger charge is 2.44. The molecule has 3 heterocycles. The standard InChI is InChI=1S/C16H16N4O5/c1-7-11(21)12(24-2)15(25-7)20-14(22)10-13(19-16(20)23)18-9-6-4-3-5-8(9)17-10/h3-7,11-12,15,21H,1-2H3,(H,18,19,23)/t7-,11-,12?,15-/m1/s1/i1D. The SMILES string of the molecule is [2H]C[C@H]1O[C@@H](n2c(=O)[nH]c3nc4ccccc4nc3c2=O)C(OC)[C@@H]1O. The Labute approximate surface area is 142 Å². The first kappa shape index (κ1) is 14.7. The van der Waals surface area contributed by atoms with Crippen LogP contribution in [0.4, 0.5) is 0 Å². The summed E-state index contributed by atoms with van der Waals surface area (Å²) in [6.45, 7) is -0.234. The molecule has 2 aromatic heterocycles. The third kappa shape index (κ3) is 2.36. The zero-order chi connectivity index (χ0) is 18.4. The van der Waals surface area contributed by atoms with Crippen LogP contribution in [-0.2, 0) is 9.47 Å². The molecule has 1 saturated heterocycles. The Bertz CT molecular complexity index is 1100. The fraction of sp³-hybridized carbons (Fsp3) is 0.375. The number of methoxy groups -OCH3 is 1. The van der Waals surface area contributed by atoms with Crippen LogP contribution in [0.15, 0.2) is 33.9 Å². The minimum atomic E-state index is -1.17. The number of fused-ring (bicyclic) bond motifs is 2. The number of aromatic amines is 1. The summed E-state index contributed by atoms with van der Waals surface area (Å²) in [6.07, 6.45) is -4.13. The lowest BCUT2D eigenvalue weighted by Crippen LogP contribution is -2.43. The number of ether oxygens (including phenoxy) is 2. The maximum Gasteiger partial charge on any atom is 0.332 e. The average molecular weight is 345 g/mol. The van der Waals surface area contributed by atoms with Crippen LogP contribution in [0.25, 0.3) is 22.2 Å². The minimum Gasteiger partial charge on any atom is -0.388 e. The number of rotatable bonds is 2. The van der Waals surface area contributed by atoms with E-state index in [-0.39, 0.29) is 18.1 Å². The van der Waals surface area contributed by atoms with Crippen LogP contribution in [0.3, 0.4) is 0 Å². The lowest BCUT2D eigenvalue weighted by molar-refractivity contribution is -0.0529. The van der Waals surface area contributed by atoms with E-state index in [1.54, 1.807) is 24.3 Å². The van der Waals surface area contributed by atoms with E-state index in [0.717, 1.165) is 4.57 Å². The maximum atomic E-state index is 12.9. The van der Waals surface area contributed by atoms with Gasteiger partial charge in [-0.05, 0) is 19.0 Å².